The molecule has 1 aliphatic rings. The first kappa shape index (κ1) is 15.6. The minimum Gasteiger partial charge on any atom is -0.493 e. The van der Waals surface area contributed by atoms with Gasteiger partial charge >= 0.3 is 0 Å². The maximum Gasteiger partial charge on any atom is 0.251 e. The second-order valence-electron chi connectivity index (χ2n) is 5.49. The molecule has 1 saturated carbocycles. The van der Waals surface area contributed by atoms with Gasteiger partial charge in [-0.3, -0.25) is 4.79 Å². The Morgan fingerprint density at radius 2 is 1.95 bits per heavy atom. The third-order valence-corrected chi connectivity index (χ3v) is 4.14. The standard InChI is InChI=1S/C16H24N2O3/c1-20-14-8-7-11(9-15(14)21-2)16(19)18-10-12-5-3-4-6-13(12)17/h7-9,12-13H,3-6,10,17H2,1-2H3,(H,18,19). The first-order valence-corrected chi connectivity index (χ1v) is 7.41. The highest BCUT2D eigenvalue weighted by Crippen LogP contribution is 2.27. The maximum absolute atomic E-state index is 12.2. The van der Waals surface area contributed by atoms with Crippen LogP contribution in [0.5, 0.6) is 11.5 Å². The molecular formula is C16H24N2O3. The lowest BCUT2D eigenvalue weighted by Gasteiger charge is -2.28. The Bertz CT molecular complexity index is 490. The average Bonchev–Trinajstić information content (AvgIpc) is 2.53. The fourth-order valence-corrected chi connectivity index (χ4v) is 2.79. The zero-order chi connectivity index (χ0) is 15.2. The summed E-state index contributed by atoms with van der Waals surface area (Å²) in [7, 11) is 3.13. The van der Waals surface area contributed by atoms with Crippen LogP contribution < -0.4 is 20.5 Å². The third-order valence-electron chi connectivity index (χ3n) is 4.14. The third kappa shape index (κ3) is 3.88. The highest BCUT2D eigenvalue weighted by atomic mass is 16.5. The largest absolute Gasteiger partial charge is 0.493 e. The summed E-state index contributed by atoms with van der Waals surface area (Å²) in [6.07, 6.45) is 4.54. The minimum absolute atomic E-state index is 0.103. The van der Waals surface area contributed by atoms with Gasteiger partial charge in [-0.25, -0.2) is 0 Å². The molecule has 2 atom stereocenters. The summed E-state index contributed by atoms with van der Waals surface area (Å²) in [5, 5.41) is 2.97. The number of hydrogen-bond acceptors (Lipinski definition) is 4. The van der Waals surface area contributed by atoms with Crippen LogP contribution in [-0.2, 0) is 0 Å². The van der Waals surface area contributed by atoms with E-state index in [-0.39, 0.29) is 11.9 Å². The van der Waals surface area contributed by atoms with Crippen molar-refractivity contribution in [2.45, 2.75) is 31.7 Å². The van der Waals surface area contributed by atoms with Crippen LogP contribution in [0, 0.1) is 5.92 Å². The molecule has 5 heteroatoms. The van der Waals surface area contributed by atoms with Gasteiger partial charge in [0.2, 0.25) is 0 Å². The SMILES string of the molecule is COc1ccc(C(=O)NCC2CCCCC2N)cc1OC. The van der Waals surface area contributed by atoms with Crippen molar-refractivity contribution in [1.82, 2.24) is 5.32 Å². The summed E-state index contributed by atoms with van der Waals surface area (Å²) in [6.45, 7) is 0.633. The van der Waals surface area contributed by atoms with Crippen LogP contribution in [0.15, 0.2) is 18.2 Å². The van der Waals surface area contributed by atoms with Gasteiger partial charge in [0.25, 0.3) is 5.91 Å². The van der Waals surface area contributed by atoms with Gasteiger partial charge in [0.05, 0.1) is 14.2 Å². The number of ether oxygens (including phenoxy) is 2. The minimum atomic E-state index is -0.103. The van der Waals surface area contributed by atoms with Gasteiger partial charge in [0, 0.05) is 18.2 Å². The van der Waals surface area contributed by atoms with E-state index >= 15 is 0 Å². The first-order chi connectivity index (χ1) is 10.2. The van der Waals surface area contributed by atoms with Crippen molar-refractivity contribution in [2.24, 2.45) is 11.7 Å². The van der Waals surface area contributed by atoms with Crippen molar-refractivity contribution in [3.05, 3.63) is 23.8 Å². The molecule has 1 amide bonds. The summed E-state index contributed by atoms with van der Waals surface area (Å²) in [4.78, 5) is 12.2. The van der Waals surface area contributed by atoms with E-state index in [1.165, 1.54) is 12.8 Å². The van der Waals surface area contributed by atoms with Crippen molar-refractivity contribution in [1.29, 1.82) is 0 Å². The van der Waals surface area contributed by atoms with E-state index in [2.05, 4.69) is 5.32 Å². The molecule has 2 unspecified atom stereocenters. The predicted octanol–water partition coefficient (Wildman–Crippen LogP) is 1.95. The Morgan fingerprint density at radius 1 is 1.24 bits per heavy atom. The van der Waals surface area contributed by atoms with Crippen molar-refractivity contribution < 1.29 is 14.3 Å². The molecule has 2 rings (SSSR count). The number of rotatable bonds is 5. The first-order valence-electron chi connectivity index (χ1n) is 7.41. The molecule has 0 heterocycles. The zero-order valence-electron chi connectivity index (χ0n) is 12.7. The highest BCUT2D eigenvalue weighted by Gasteiger charge is 2.22. The van der Waals surface area contributed by atoms with E-state index in [1.54, 1.807) is 32.4 Å². The van der Waals surface area contributed by atoms with E-state index in [1.807, 2.05) is 0 Å². The van der Waals surface area contributed by atoms with Crippen LogP contribution in [-0.4, -0.2) is 32.7 Å². The van der Waals surface area contributed by atoms with Crippen LogP contribution >= 0.6 is 0 Å². The van der Waals surface area contributed by atoms with E-state index in [4.69, 9.17) is 15.2 Å². The lowest BCUT2D eigenvalue weighted by Crippen LogP contribution is -2.41. The van der Waals surface area contributed by atoms with Crippen molar-refractivity contribution in [2.75, 3.05) is 20.8 Å². The molecule has 1 aromatic rings. The number of carbonyl (C=O) groups excluding carboxylic acids is 1. The molecule has 1 fully saturated rings. The summed E-state index contributed by atoms with van der Waals surface area (Å²) < 4.78 is 10.4. The van der Waals surface area contributed by atoms with Gasteiger partial charge in [-0.05, 0) is 37.0 Å². The molecule has 5 nitrogen and oxygen atoms in total. The highest BCUT2D eigenvalue weighted by molar-refractivity contribution is 5.94. The molecule has 1 aromatic carbocycles. The molecule has 0 aromatic heterocycles. The van der Waals surface area contributed by atoms with E-state index in [9.17, 15) is 4.79 Å². The van der Waals surface area contributed by atoms with Gasteiger partial charge in [-0.15, -0.1) is 0 Å². The Morgan fingerprint density at radius 3 is 2.62 bits per heavy atom. The molecule has 116 valence electrons. The fourth-order valence-electron chi connectivity index (χ4n) is 2.79. The summed E-state index contributed by atoms with van der Waals surface area (Å²) in [5.74, 6) is 1.44. The molecular weight excluding hydrogens is 268 g/mol. The lowest BCUT2D eigenvalue weighted by atomic mass is 9.85. The Hall–Kier alpha value is -1.75. The van der Waals surface area contributed by atoms with E-state index < -0.39 is 0 Å². The van der Waals surface area contributed by atoms with E-state index in [0.717, 1.165) is 12.8 Å². The van der Waals surface area contributed by atoms with Gasteiger partial charge in [0.15, 0.2) is 11.5 Å². The number of amides is 1. The molecule has 1 aliphatic carbocycles. The monoisotopic (exact) mass is 292 g/mol. The predicted molar refractivity (Wildman–Crippen MR) is 81.8 cm³/mol. The van der Waals surface area contributed by atoms with Gasteiger partial charge in [-0.2, -0.15) is 0 Å². The second-order valence-corrected chi connectivity index (χ2v) is 5.49. The molecule has 0 radical (unpaired) electrons. The quantitative estimate of drug-likeness (QED) is 0.870. The average molecular weight is 292 g/mol. The van der Waals surface area contributed by atoms with Gasteiger partial charge in [0.1, 0.15) is 0 Å². The summed E-state index contributed by atoms with van der Waals surface area (Å²) >= 11 is 0. The number of benzene rings is 1. The molecule has 21 heavy (non-hydrogen) atoms. The fraction of sp³-hybridized carbons (Fsp3) is 0.562. The summed E-state index contributed by atoms with van der Waals surface area (Å²) in [6, 6.07) is 5.36. The van der Waals surface area contributed by atoms with Crippen LogP contribution in [0.3, 0.4) is 0 Å². The summed E-state index contributed by atoms with van der Waals surface area (Å²) in [5.41, 5.74) is 6.67. The van der Waals surface area contributed by atoms with Crippen LogP contribution in [0.4, 0.5) is 0 Å². The maximum atomic E-state index is 12.2. The van der Waals surface area contributed by atoms with Crippen molar-refractivity contribution in [3.63, 3.8) is 0 Å². The second kappa shape index (κ2) is 7.31. The topological polar surface area (TPSA) is 73.6 Å². The molecule has 3 N–H and O–H groups in total. The van der Waals surface area contributed by atoms with Crippen LogP contribution in [0.1, 0.15) is 36.0 Å². The molecule has 0 saturated heterocycles. The smallest absolute Gasteiger partial charge is 0.251 e. The lowest BCUT2D eigenvalue weighted by molar-refractivity contribution is 0.0941. The number of nitrogens with one attached hydrogen (secondary N) is 1. The molecule has 0 bridgehead atoms. The Kier molecular flexibility index (Phi) is 5.44. The number of carbonyl (C=O) groups is 1. The van der Waals surface area contributed by atoms with Crippen LogP contribution in [0.2, 0.25) is 0 Å². The van der Waals surface area contributed by atoms with Crippen molar-refractivity contribution in [3.8, 4) is 11.5 Å². The molecule has 0 spiro atoms. The van der Waals surface area contributed by atoms with Gasteiger partial charge in [-0.1, -0.05) is 12.8 Å². The number of nitrogens with two attached hydrogens (primary N) is 1. The van der Waals surface area contributed by atoms with Crippen LogP contribution in [0.25, 0.3) is 0 Å². The Labute approximate surface area is 125 Å². The Balaban J connectivity index is 1.96. The van der Waals surface area contributed by atoms with Gasteiger partial charge < -0.3 is 20.5 Å². The number of hydrogen-bond donors (Lipinski definition) is 2. The van der Waals surface area contributed by atoms with Crippen molar-refractivity contribution >= 4 is 5.91 Å². The number of methoxy groups -OCH3 is 2. The normalized spacial score (nSPS) is 21.7. The zero-order valence-corrected chi connectivity index (χ0v) is 12.7. The molecule has 0 aliphatic heterocycles. The van der Waals surface area contributed by atoms with E-state index in [0.29, 0.717) is 29.5 Å².